The largest absolute Gasteiger partial charge is 0.478 e. The monoisotopic (exact) mass is 347 g/mol. The number of rotatable bonds is 6. The summed E-state index contributed by atoms with van der Waals surface area (Å²) in [6, 6.07) is 4.37. The Morgan fingerprint density at radius 3 is 2.68 bits per heavy atom. The van der Waals surface area contributed by atoms with E-state index < -0.39 is 16.8 Å². The number of halogens is 1. The number of carbonyl (C=O) groups is 2. The Bertz CT molecular complexity index is 518. The van der Waals surface area contributed by atoms with Gasteiger partial charge in [-0.05, 0) is 40.5 Å². The van der Waals surface area contributed by atoms with Crippen LogP contribution in [-0.4, -0.2) is 33.5 Å². The summed E-state index contributed by atoms with van der Waals surface area (Å²) in [6.45, 7) is 2.46. The number of hydrogen-bond donors (Lipinski definition) is 2. The minimum absolute atomic E-state index is 0.0276. The van der Waals surface area contributed by atoms with Gasteiger partial charge < -0.3 is 10.4 Å². The lowest BCUT2D eigenvalue weighted by molar-refractivity contribution is -0.118. The van der Waals surface area contributed by atoms with E-state index in [9.17, 15) is 13.8 Å². The summed E-state index contributed by atoms with van der Waals surface area (Å²) in [6.07, 6.45) is 0.805. The van der Waals surface area contributed by atoms with Gasteiger partial charge in [-0.1, -0.05) is 6.92 Å². The second-order valence-electron chi connectivity index (χ2n) is 3.79. The molecule has 0 heterocycles. The summed E-state index contributed by atoms with van der Waals surface area (Å²) in [5, 5.41) is 11.6. The molecule has 0 bridgehead atoms. The highest BCUT2D eigenvalue weighted by molar-refractivity contribution is 9.10. The van der Waals surface area contributed by atoms with Crippen LogP contribution in [0.4, 0.5) is 0 Å². The van der Waals surface area contributed by atoms with Crippen LogP contribution in [0.25, 0.3) is 0 Å². The highest BCUT2D eigenvalue weighted by Gasteiger charge is 2.14. The lowest BCUT2D eigenvalue weighted by Crippen LogP contribution is -2.28. The molecular weight excluding hydrogens is 334 g/mol. The van der Waals surface area contributed by atoms with Gasteiger partial charge in [0.25, 0.3) is 0 Å². The van der Waals surface area contributed by atoms with Crippen LogP contribution in [0.2, 0.25) is 0 Å². The fourth-order valence-corrected chi connectivity index (χ4v) is 2.72. The smallest absolute Gasteiger partial charge is 0.336 e. The van der Waals surface area contributed by atoms with Crippen molar-refractivity contribution in [3.8, 4) is 0 Å². The van der Waals surface area contributed by atoms with Crippen LogP contribution >= 0.6 is 15.9 Å². The van der Waals surface area contributed by atoms with Crippen molar-refractivity contribution in [2.24, 2.45) is 0 Å². The molecule has 0 saturated heterocycles. The molecule has 2 N–H and O–H groups in total. The lowest BCUT2D eigenvalue weighted by Gasteiger charge is -2.06. The number of aromatic carboxylic acids is 1. The molecule has 7 heteroatoms. The zero-order chi connectivity index (χ0) is 14.4. The summed E-state index contributed by atoms with van der Waals surface area (Å²) in [4.78, 5) is 22.7. The lowest BCUT2D eigenvalue weighted by atomic mass is 10.2. The predicted octanol–water partition coefficient (Wildman–Crippen LogP) is 1.78. The molecule has 1 atom stereocenters. The third-order valence-corrected chi connectivity index (χ3v) is 4.26. The molecule has 1 amide bonds. The minimum Gasteiger partial charge on any atom is -0.478 e. The molecule has 0 aromatic heterocycles. The average molecular weight is 348 g/mol. The zero-order valence-corrected chi connectivity index (χ0v) is 12.7. The van der Waals surface area contributed by atoms with Crippen LogP contribution in [0, 0.1) is 0 Å². The van der Waals surface area contributed by atoms with Crippen LogP contribution in [0.15, 0.2) is 27.6 Å². The number of carbonyl (C=O) groups excluding carboxylic acids is 1. The summed E-state index contributed by atoms with van der Waals surface area (Å²) < 4.78 is 12.4. The predicted molar refractivity (Wildman–Crippen MR) is 75.7 cm³/mol. The second kappa shape index (κ2) is 7.40. The normalized spacial score (nSPS) is 11.9. The van der Waals surface area contributed by atoms with E-state index in [-0.39, 0.29) is 17.2 Å². The van der Waals surface area contributed by atoms with Crippen molar-refractivity contribution >= 4 is 38.6 Å². The van der Waals surface area contributed by atoms with E-state index in [0.717, 1.165) is 6.42 Å². The first-order chi connectivity index (χ1) is 8.95. The van der Waals surface area contributed by atoms with Crippen LogP contribution < -0.4 is 5.32 Å². The first kappa shape index (κ1) is 15.8. The minimum atomic E-state index is -1.55. The summed E-state index contributed by atoms with van der Waals surface area (Å²) in [5.74, 6) is -1.58. The molecule has 0 spiro atoms. The van der Waals surface area contributed by atoms with Crippen LogP contribution in [0.1, 0.15) is 23.7 Å². The van der Waals surface area contributed by atoms with Crippen molar-refractivity contribution in [3.63, 3.8) is 0 Å². The van der Waals surface area contributed by atoms with E-state index in [0.29, 0.717) is 15.9 Å². The summed E-state index contributed by atoms with van der Waals surface area (Å²) in [7, 11) is -1.55. The van der Waals surface area contributed by atoms with E-state index in [2.05, 4.69) is 21.2 Å². The van der Waals surface area contributed by atoms with E-state index in [1.54, 1.807) is 6.07 Å². The number of carboxylic acid groups (broad SMARTS) is 1. The number of carboxylic acids is 1. The van der Waals surface area contributed by atoms with Crippen molar-refractivity contribution in [1.29, 1.82) is 0 Å². The van der Waals surface area contributed by atoms with Crippen molar-refractivity contribution < 1.29 is 18.9 Å². The Labute approximate surface area is 122 Å². The molecule has 1 rings (SSSR count). The van der Waals surface area contributed by atoms with Crippen molar-refractivity contribution in [1.82, 2.24) is 5.32 Å². The van der Waals surface area contributed by atoms with Crippen LogP contribution in [-0.2, 0) is 15.6 Å². The second-order valence-corrected chi connectivity index (χ2v) is 6.09. The Morgan fingerprint density at radius 1 is 1.42 bits per heavy atom. The first-order valence-corrected chi connectivity index (χ1v) is 7.74. The summed E-state index contributed by atoms with van der Waals surface area (Å²) in [5.41, 5.74) is 0.0276. The molecule has 1 unspecified atom stereocenters. The van der Waals surface area contributed by atoms with E-state index in [1.807, 2.05) is 6.92 Å². The summed E-state index contributed by atoms with van der Waals surface area (Å²) >= 11 is 3.11. The van der Waals surface area contributed by atoms with E-state index in [1.165, 1.54) is 12.1 Å². The molecule has 104 valence electrons. The average Bonchev–Trinajstić information content (AvgIpc) is 2.36. The molecule has 0 saturated carbocycles. The number of amides is 1. The standard InChI is InChI=1S/C12H14BrNO4S/c1-2-5-14-11(15)7-19(18)8-3-4-10(13)9(6-8)12(16)17/h3-4,6H,2,5,7H2,1H3,(H,14,15)(H,16,17). The van der Waals surface area contributed by atoms with Gasteiger partial charge in [0.2, 0.25) is 5.91 Å². The van der Waals surface area contributed by atoms with Gasteiger partial charge in [-0.3, -0.25) is 9.00 Å². The third-order valence-electron chi connectivity index (χ3n) is 2.27. The van der Waals surface area contributed by atoms with Gasteiger partial charge in [-0.15, -0.1) is 0 Å². The molecule has 0 radical (unpaired) electrons. The maximum absolute atomic E-state index is 11.9. The maximum atomic E-state index is 11.9. The third kappa shape index (κ3) is 4.76. The van der Waals surface area contributed by atoms with Gasteiger partial charge in [0.15, 0.2) is 0 Å². The SMILES string of the molecule is CCCNC(=O)CS(=O)c1ccc(Br)c(C(=O)O)c1. The van der Waals surface area contributed by atoms with Gasteiger partial charge in [0.05, 0.1) is 16.4 Å². The molecule has 1 aromatic carbocycles. The maximum Gasteiger partial charge on any atom is 0.336 e. The molecular formula is C12H14BrNO4S. The van der Waals surface area contributed by atoms with Crippen LogP contribution in [0.3, 0.4) is 0 Å². The van der Waals surface area contributed by atoms with Gasteiger partial charge in [-0.25, -0.2) is 4.79 Å². The fourth-order valence-electron chi connectivity index (χ4n) is 1.33. The molecule has 1 aromatic rings. The van der Waals surface area contributed by atoms with Gasteiger partial charge >= 0.3 is 5.97 Å². The number of hydrogen-bond acceptors (Lipinski definition) is 3. The van der Waals surface area contributed by atoms with Gasteiger partial charge in [0, 0.05) is 15.9 Å². The zero-order valence-electron chi connectivity index (χ0n) is 10.3. The van der Waals surface area contributed by atoms with Gasteiger partial charge in [0.1, 0.15) is 5.75 Å². The Morgan fingerprint density at radius 2 is 2.11 bits per heavy atom. The first-order valence-electron chi connectivity index (χ1n) is 5.63. The fraction of sp³-hybridized carbons (Fsp3) is 0.333. The molecule has 19 heavy (non-hydrogen) atoms. The number of benzene rings is 1. The number of nitrogens with one attached hydrogen (secondary N) is 1. The van der Waals surface area contributed by atoms with Crippen molar-refractivity contribution in [2.45, 2.75) is 18.2 Å². The molecule has 0 aliphatic carbocycles. The Kier molecular flexibility index (Phi) is 6.17. The molecule has 5 nitrogen and oxygen atoms in total. The van der Waals surface area contributed by atoms with Crippen LogP contribution in [0.5, 0.6) is 0 Å². The molecule has 0 aliphatic rings. The topological polar surface area (TPSA) is 83.5 Å². The van der Waals surface area contributed by atoms with Gasteiger partial charge in [-0.2, -0.15) is 0 Å². The van der Waals surface area contributed by atoms with Crippen molar-refractivity contribution in [2.75, 3.05) is 12.3 Å². The highest BCUT2D eigenvalue weighted by Crippen LogP contribution is 2.20. The quantitative estimate of drug-likeness (QED) is 0.821. The van der Waals surface area contributed by atoms with E-state index >= 15 is 0 Å². The highest BCUT2D eigenvalue weighted by atomic mass is 79.9. The Balaban J connectivity index is 2.80. The molecule has 0 fully saturated rings. The van der Waals surface area contributed by atoms with E-state index in [4.69, 9.17) is 5.11 Å². The molecule has 0 aliphatic heterocycles. The Hall–Kier alpha value is -1.21. The van der Waals surface area contributed by atoms with Crippen molar-refractivity contribution in [3.05, 3.63) is 28.2 Å².